The number of halogens is 1. The van der Waals surface area contributed by atoms with E-state index in [0.717, 1.165) is 10.9 Å². The van der Waals surface area contributed by atoms with Crippen LogP contribution in [-0.2, 0) is 4.74 Å². The number of tetrazole rings is 1. The van der Waals surface area contributed by atoms with Crippen LogP contribution < -0.4 is 5.32 Å². The first-order chi connectivity index (χ1) is 9.72. The van der Waals surface area contributed by atoms with Crippen molar-refractivity contribution in [3.8, 4) is 5.69 Å². The number of carbonyl (C=O) groups excluding carboxylic acids is 1. The molecule has 0 aliphatic rings. The normalized spacial score (nSPS) is 10.5. The van der Waals surface area contributed by atoms with Crippen molar-refractivity contribution in [2.45, 2.75) is 6.42 Å². The third kappa shape index (κ3) is 3.61. The van der Waals surface area contributed by atoms with E-state index in [1.807, 2.05) is 6.07 Å². The van der Waals surface area contributed by atoms with E-state index in [1.54, 1.807) is 19.2 Å². The zero-order chi connectivity index (χ0) is 14.4. The van der Waals surface area contributed by atoms with Crippen LogP contribution >= 0.6 is 15.9 Å². The van der Waals surface area contributed by atoms with Gasteiger partial charge in [0.25, 0.3) is 5.91 Å². The lowest BCUT2D eigenvalue weighted by atomic mass is 10.1. The van der Waals surface area contributed by atoms with E-state index >= 15 is 0 Å². The summed E-state index contributed by atoms with van der Waals surface area (Å²) >= 11 is 3.36. The average molecular weight is 340 g/mol. The molecule has 1 N–H and O–H groups in total. The third-order valence-corrected chi connectivity index (χ3v) is 3.10. The molecule has 1 aromatic heterocycles. The Kier molecular flexibility index (Phi) is 5.19. The fourth-order valence-electron chi connectivity index (χ4n) is 1.68. The van der Waals surface area contributed by atoms with E-state index in [2.05, 4.69) is 36.8 Å². The van der Waals surface area contributed by atoms with Crippen LogP contribution in [0.5, 0.6) is 0 Å². The van der Waals surface area contributed by atoms with Gasteiger partial charge >= 0.3 is 0 Å². The number of nitrogens with one attached hydrogen (secondary N) is 1. The van der Waals surface area contributed by atoms with Gasteiger partial charge in [-0.3, -0.25) is 4.79 Å². The van der Waals surface area contributed by atoms with E-state index in [9.17, 15) is 4.79 Å². The van der Waals surface area contributed by atoms with Gasteiger partial charge in [-0.2, -0.15) is 4.68 Å². The van der Waals surface area contributed by atoms with Crippen molar-refractivity contribution in [3.63, 3.8) is 0 Å². The molecule has 0 saturated carbocycles. The maximum absolute atomic E-state index is 12.2. The van der Waals surface area contributed by atoms with Crippen molar-refractivity contribution < 1.29 is 9.53 Å². The maximum atomic E-state index is 12.2. The fourth-order valence-corrected chi connectivity index (χ4v) is 2.04. The van der Waals surface area contributed by atoms with Gasteiger partial charge in [-0.25, -0.2) is 0 Å². The Hall–Kier alpha value is -1.80. The molecule has 8 heteroatoms. The molecule has 0 spiro atoms. The Labute approximate surface area is 124 Å². The summed E-state index contributed by atoms with van der Waals surface area (Å²) in [5.74, 6) is -0.173. The first-order valence-electron chi connectivity index (χ1n) is 6.02. The van der Waals surface area contributed by atoms with Crippen LogP contribution in [0.25, 0.3) is 5.69 Å². The lowest BCUT2D eigenvalue weighted by Gasteiger charge is -2.10. The molecule has 20 heavy (non-hydrogen) atoms. The van der Waals surface area contributed by atoms with Crippen molar-refractivity contribution >= 4 is 21.8 Å². The standard InChI is InChI=1S/C12H14BrN5O2/c1-20-6-2-5-14-12(19)10-7-9(13)3-4-11(10)18-8-15-16-17-18/h3-4,7-8H,2,5-6H2,1H3,(H,14,19). The quantitative estimate of drug-likeness (QED) is 0.799. The van der Waals surface area contributed by atoms with Crippen LogP contribution in [0.1, 0.15) is 16.8 Å². The second-order valence-corrected chi connectivity index (χ2v) is 4.93. The Morgan fingerprint density at radius 3 is 3.05 bits per heavy atom. The van der Waals surface area contributed by atoms with Crippen LogP contribution in [0.3, 0.4) is 0 Å². The summed E-state index contributed by atoms with van der Waals surface area (Å²) < 4.78 is 7.21. The molecule has 2 rings (SSSR count). The number of amides is 1. The topological polar surface area (TPSA) is 81.9 Å². The smallest absolute Gasteiger partial charge is 0.253 e. The minimum Gasteiger partial charge on any atom is -0.385 e. The lowest BCUT2D eigenvalue weighted by Crippen LogP contribution is -2.26. The minimum atomic E-state index is -0.173. The number of hydrogen-bond acceptors (Lipinski definition) is 5. The molecule has 1 heterocycles. The number of methoxy groups -OCH3 is 1. The monoisotopic (exact) mass is 339 g/mol. The molecule has 0 bridgehead atoms. The summed E-state index contributed by atoms with van der Waals surface area (Å²) in [6.45, 7) is 1.16. The number of benzene rings is 1. The molecule has 0 unspecified atom stereocenters. The predicted molar refractivity (Wildman–Crippen MR) is 75.7 cm³/mol. The van der Waals surface area contributed by atoms with Gasteiger partial charge in [0, 0.05) is 24.7 Å². The molecule has 0 aliphatic carbocycles. The number of hydrogen-bond donors (Lipinski definition) is 1. The number of aromatic nitrogens is 4. The second-order valence-electron chi connectivity index (χ2n) is 4.02. The van der Waals surface area contributed by atoms with E-state index in [-0.39, 0.29) is 5.91 Å². The van der Waals surface area contributed by atoms with Crippen molar-refractivity contribution in [2.24, 2.45) is 0 Å². The van der Waals surface area contributed by atoms with E-state index in [4.69, 9.17) is 4.74 Å². The predicted octanol–water partition coefficient (Wildman–Crippen LogP) is 1.19. The first kappa shape index (κ1) is 14.6. The van der Waals surface area contributed by atoms with Gasteiger partial charge in [0.05, 0.1) is 11.3 Å². The maximum Gasteiger partial charge on any atom is 0.253 e. The van der Waals surface area contributed by atoms with Gasteiger partial charge < -0.3 is 10.1 Å². The van der Waals surface area contributed by atoms with E-state index in [0.29, 0.717) is 24.4 Å². The lowest BCUT2D eigenvalue weighted by molar-refractivity contribution is 0.0948. The molecule has 7 nitrogen and oxygen atoms in total. The average Bonchev–Trinajstić information content (AvgIpc) is 2.97. The van der Waals surface area contributed by atoms with Gasteiger partial charge in [-0.1, -0.05) is 15.9 Å². The largest absolute Gasteiger partial charge is 0.385 e. The molecule has 2 aromatic rings. The number of carbonyl (C=O) groups is 1. The van der Waals surface area contributed by atoms with Crippen LogP contribution in [-0.4, -0.2) is 46.4 Å². The molecule has 1 amide bonds. The summed E-state index contributed by atoms with van der Waals surface area (Å²) in [5.41, 5.74) is 1.13. The number of rotatable bonds is 6. The Bertz CT molecular complexity index is 573. The van der Waals surface area contributed by atoms with Gasteiger partial charge in [0.15, 0.2) is 0 Å². The van der Waals surface area contributed by atoms with E-state index in [1.165, 1.54) is 11.0 Å². The summed E-state index contributed by atoms with van der Waals surface area (Å²) in [7, 11) is 1.63. The third-order valence-electron chi connectivity index (χ3n) is 2.61. The van der Waals surface area contributed by atoms with Crippen LogP contribution in [0.15, 0.2) is 29.0 Å². The molecular weight excluding hydrogens is 326 g/mol. The SMILES string of the molecule is COCCCNC(=O)c1cc(Br)ccc1-n1cnnn1. The molecule has 0 radical (unpaired) electrons. The van der Waals surface area contributed by atoms with E-state index < -0.39 is 0 Å². The number of ether oxygens (including phenoxy) is 1. The molecule has 0 fully saturated rings. The van der Waals surface area contributed by atoms with Gasteiger partial charge in [0.2, 0.25) is 0 Å². The van der Waals surface area contributed by atoms with Crippen molar-refractivity contribution in [3.05, 3.63) is 34.6 Å². The molecular formula is C12H14BrN5O2. The van der Waals surface area contributed by atoms with Crippen molar-refractivity contribution in [2.75, 3.05) is 20.3 Å². The van der Waals surface area contributed by atoms with Gasteiger partial charge in [-0.05, 0) is 35.0 Å². The molecule has 0 atom stereocenters. The van der Waals surface area contributed by atoms with Crippen LogP contribution in [0.2, 0.25) is 0 Å². The van der Waals surface area contributed by atoms with Crippen LogP contribution in [0, 0.1) is 0 Å². The Morgan fingerprint density at radius 2 is 2.35 bits per heavy atom. The second kappa shape index (κ2) is 7.11. The first-order valence-corrected chi connectivity index (χ1v) is 6.81. The molecule has 0 saturated heterocycles. The molecule has 0 aliphatic heterocycles. The van der Waals surface area contributed by atoms with Gasteiger partial charge in [-0.15, -0.1) is 5.10 Å². The highest BCUT2D eigenvalue weighted by Crippen LogP contribution is 2.19. The van der Waals surface area contributed by atoms with Crippen molar-refractivity contribution in [1.29, 1.82) is 0 Å². The minimum absolute atomic E-state index is 0.173. The molecule has 106 valence electrons. The highest BCUT2D eigenvalue weighted by atomic mass is 79.9. The Balaban J connectivity index is 2.17. The van der Waals surface area contributed by atoms with Gasteiger partial charge in [0.1, 0.15) is 6.33 Å². The fraction of sp³-hybridized carbons (Fsp3) is 0.333. The van der Waals surface area contributed by atoms with Crippen LogP contribution in [0.4, 0.5) is 0 Å². The Morgan fingerprint density at radius 1 is 1.50 bits per heavy atom. The van der Waals surface area contributed by atoms with Crippen molar-refractivity contribution in [1.82, 2.24) is 25.5 Å². The summed E-state index contributed by atoms with van der Waals surface area (Å²) in [6.07, 6.45) is 2.21. The number of nitrogens with zero attached hydrogens (tertiary/aromatic N) is 4. The summed E-state index contributed by atoms with van der Waals surface area (Å²) in [5, 5.41) is 13.8. The summed E-state index contributed by atoms with van der Waals surface area (Å²) in [6, 6.07) is 5.35. The highest BCUT2D eigenvalue weighted by molar-refractivity contribution is 9.10. The molecule has 1 aromatic carbocycles. The summed E-state index contributed by atoms with van der Waals surface area (Å²) in [4.78, 5) is 12.2. The zero-order valence-corrected chi connectivity index (χ0v) is 12.5. The zero-order valence-electron chi connectivity index (χ0n) is 10.9. The highest BCUT2D eigenvalue weighted by Gasteiger charge is 2.14.